The Kier molecular flexibility index (Phi) is 4.29. The summed E-state index contributed by atoms with van der Waals surface area (Å²) in [5, 5.41) is 14.3. The van der Waals surface area contributed by atoms with Crippen molar-refractivity contribution in [3.8, 4) is 0 Å². The van der Waals surface area contributed by atoms with E-state index in [0.717, 1.165) is 0 Å². The van der Waals surface area contributed by atoms with E-state index in [1.54, 1.807) is 25.1 Å². The zero-order chi connectivity index (χ0) is 13.9. The summed E-state index contributed by atoms with van der Waals surface area (Å²) in [6.07, 6.45) is 0. The zero-order valence-electron chi connectivity index (χ0n) is 11.4. The van der Waals surface area contributed by atoms with Gasteiger partial charge in [-0.25, -0.2) is 0 Å². The van der Waals surface area contributed by atoms with Crippen LogP contribution < -0.4 is 11.1 Å². The summed E-state index contributed by atoms with van der Waals surface area (Å²) < 4.78 is 0. The molecule has 0 aliphatic carbocycles. The highest BCUT2D eigenvalue weighted by atomic mass is 16.6. The van der Waals surface area contributed by atoms with Gasteiger partial charge < -0.3 is 11.1 Å². The van der Waals surface area contributed by atoms with Crippen LogP contribution in [0.15, 0.2) is 18.2 Å². The van der Waals surface area contributed by atoms with Gasteiger partial charge in [-0.3, -0.25) is 10.1 Å². The molecule has 1 rings (SSSR count). The first kappa shape index (κ1) is 14.4. The molecule has 1 aromatic rings. The van der Waals surface area contributed by atoms with Gasteiger partial charge in [-0.1, -0.05) is 32.9 Å². The first-order chi connectivity index (χ1) is 8.27. The predicted molar refractivity (Wildman–Crippen MR) is 73.8 cm³/mol. The summed E-state index contributed by atoms with van der Waals surface area (Å²) in [5.41, 5.74) is 6.98. The Labute approximate surface area is 108 Å². The molecule has 1 aromatic carbocycles. The van der Waals surface area contributed by atoms with Crippen molar-refractivity contribution in [1.82, 2.24) is 0 Å². The molecular formula is C13H21N3O2. The van der Waals surface area contributed by atoms with Crippen LogP contribution >= 0.6 is 0 Å². The lowest BCUT2D eigenvalue weighted by molar-refractivity contribution is -0.384. The summed E-state index contributed by atoms with van der Waals surface area (Å²) >= 11 is 0. The summed E-state index contributed by atoms with van der Waals surface area (Å²) in [5.74, 6) is 0. The van der Waals surface area contributed by atoms with Crippen LogP contribution in [0.2, 0.25) is 0 Å². The molecule has 5 nitrogen and oxygen atoms in total. The number of benzene rings is 1. The van der Waals surface area contributed by atoms with E-state index in [-0.39, 0.29) is 22.1 Å². The topological polar surface area (TPSA) is 81.2 Å². The number of nitro benzene ring substituents is 1. The summed E-state index contributed by atoms with van der Waals surface area (Å²) in [6.45, 7) is 8.32. The number of aryl methyl sites for hydroxylation is 1. The number of nitrogens with one attached hydrogen (secondary N) is 1. The van der Waals surface area contributed by atoms with Crippen molar-refractivity contribution in [2.45, 2.75) is 33.7 Å². The maximum Gasteiger partial charge on any atom is 0.295 e. The summed E-state index contributed by atoms with van der Waals surface area (Å²) in [7, 11) is 0. The number of nitro groups is 1. The Balaban J connectivity index is 3.11. The van der Waals surface area contributed by atoms with E-state index in [9.17, 15) is 10.1 Å². The van der Waals surface area contributed by atoms with Crippen LogP contribution in [0, 0.1) is 22.5 Å². The van der Waals surface area contributed by atoms with Gasteiger partial charge >= 0.3 is 0 Å². The third-order valence-electron chi connectivity index (χ3n) is 3.03. The Morgan fingerprint density at radius 1 is 1.44 bits per heavy atom. The molecule has 0 fully saturated rings. The number of hydrogen-bond donors (Lipinski definition) is 2. The number of hydrogen-bond acceptors (Lipinski definition) is 4. The van der Waals surface area contributed by atoms with Gasteiger partial charge in [0.25, 0.3) is 5.69 Å². The van der Waals surface area contributed by atoms with Crippen molar-refractivity contribution in [2.24, 2.45) is 11.1 Å². The maximum atomic E-state index is 11.1. The van der Waals surface area contributed by atoms with E-state index in [0.29, 0.717) is 17.8 Å². The molecular weight excluding hydrogens is 230 g/mol. The minimum Gasteiger partial charge on any atom is -0.375 e. The molecule has 3 N–H and O–H groups in total. The Bertz CT molecular complexity index is 438. The maximum absolute atomic E-state index is 11.1. The van der Waals surface area contributed by atoms with Crippen LogP contribution in [0.1, 0.15) is 26.3 Å². The fourth-order valence-electron chi connectivity index (χ4n) is 1.83. The minimum atomic E-state index is -0.353. The first-order valence-electron chi connectivity index (χ1n) is 5.98. The Hall–Kier alpha value is -1.62. The van der Waals surface area contributed by atoms with Crippen molar-refractivity contribution < 1.29 is 4.92 Å². The normalized spacial score (nSPS) is 13.2. The average Bonchev–Trinajstić information content (AvgIpc) is 2.23. The van der Waals surface area contributed by atoms with Crippen molar-refractivity contribution >= 4 is 11.4 Å². The third-order valence-corrected chi connectivity index (χ3v) is 3.03. The van der Waals surface area contributed by atoms with Crippen molar-refractivity contribution in [3.05, 3.63) is 33.9 Å². The van der Waals surface area contributed by atoms with Gasteiger partial charge in [-0.2, -0.15) is 0 Å². The second-order valence-electron chi connectivity index (χ2n) is 5.53. The van der Waals surface area contributed by atoms with Gasteiger partial charge in [0.2, 0.25) is 0 Å². The highest BCUT2D eigenvalue weighted by Gasteiger charge is 2.26. The van der Waals surface area contributed by atoms with E-state index >= 15 is 0 Å². The van der Waals surface area contributed by atoms with Crippen molar-refractivity contribution in [2.75, 3.05) is 11.9 Å². The molecule has 0 aliphatic rings. The highest BCUT2D eigenvalue weighted by molar-refractivity contribution is 5.65. The van der Waals surface area contributed by atoms with Crippen LogP contribution in [-0.4, -0.2) is 17.5 Å². The summed E-state index contributed by atoms with van der Waals surface area (Å²) in [6, 6.07) is 5.25. The monoisotopic (exact) mass is 251 g/mol. The van der Waals surface area contributed by atoms with Gasteiger partial charge in [0.05, 0.1) is 4.92 Å². The molecule has 0 saturated heterocycles. The van der Waals surface area contributed by atoms with E-state index < -0.39 is 0 Å². The Morgan fingerprint density at radius 2 is 2.06 bits per heavy atom. The highest BCUT2D eigenvalue weighted by Crippen LogP contribution is 2.31. The van der Waals surface area contributed by atoms with Crippen molar-refractivity contribution in [1.29, 1.82) is 0 Å². The number of para-hydroxylation sites is 1. The number of rotatable bonds is 4. The van der Waals surface area contributed by atoms with Gasteiger partial charge in [0.15, 0.2) is 0 Å². The van der Waals surface area contributed by atoms with Crippen LogP contribution in [0.3, 0.4) is 0 Å². The molecule has 0 spiro atoms. The molecule has 5 heteroatoms. The van der Waals surface area contributed by atoms with Gasteiger partial charge in [-0.05, 0) is 18.4 Å². The molecule has 0 aliphatic heterocycles. The summed E-state index contributed by atoms with van der Waals surface area (Å²) in [4.78, 5) is 10.7. The molecule has 0 amide bonds. The minimum absolute atomic E-state index is 0.0157. The van der Waals surface area contributed by atoms with Gasteiger partial charge in [0, 0.05) is 18.2 Å². The second-order valence-corrected chi connectivity index (χ2v) is 5.53. The van der Waals surface area contributed by atoms with E-state index in [1.807, 2.05) is 0 Å². The van der Waals surface area contributed by atoms with E-state index in [1.165, 1.54) is 0 Å². The second kappa shape index (κ2) is 5.35. The molecule has 0 heterocycles. The molecule has 0 radical (unpaired) electrons. The standard InChI is InChI=1S/C13H21N3O2/c1-9-6-5-7-10(12(9)16(17)18)15-11(8-14)13(2,3)4/h5-7,11,15H,8,14H2,1-4H3. The quantitative estimate of drug-likeness (QED) is 0.636. The number of anilines is 1. The van der Waals surface area contributed by atoms with E-state index in [4.69, 9.17) is 5.73 Å². The molecule has 0 bridgehead atoms. The third kappa shape index (κ3) is 3.20. The predicted octanol–water partition coefficient (Wildman–Crippen LogP) is 2.69. The lowest BCUT2D eigenvalue weighted by Crippen LogP contribution is -2.40. The van der Waals surface area contributed by atoms with E-state index in [2.05, 4.69) is 26.1 Å². The lowest BCUT2D eigenvalue weighted by Gasteiger charge is -2.31. The average molecular weight is 251 g/mol. The molecule has 0 aromatic heterocycles. The fourth-order valence-corrected chi connectivity index (χ4v) is 1.83. The SMILES string of the molecule is Cc1cccc(NC(CN)C(C)(C)C)c1[N+](=O)[O-]. The molecule has 1 unspecified atom stereocenters. The lowest BCUT2D eigenvalue weighted by atomic mass is 9.86. The van der Waals surface area contributed by atoms with Crippen LogP contribution in [0.5, 0.6) is 0 Å². The molecule has 0 saturated carbocycles. The van der Waals surface area contributed by atoms with Crippen molar-refractivity contribution in [3.63, 3.8) is 0 Å². The van der Waals surface area contributed by atoms with Crippen LogP contribution in [0.4, 0.5) is 11.4 Å². The van der Waals surface area contributed by atoms with Crippen LogP contribution in [0.25, 0.3) is 0 Å². The molecule has 100 valence electrons. The van der Waals surface area contributed by atoms with Gasteiger partial charge in [-0.15, -0.1) is 0 Å². The number of nitrogens with zero attached hydrogens (tertiary/aromatic N) is 1. The zero-order valence-corrected chi connectivity index (χ0v) is 11.4. The fraction of sp³-hybridized carbons (Fsp3) is 0.538. The Morgan fingerprint density at radius 3 is 2.50 bits per heavy atom. The van der Waals surface area contributed by atoms with Crippen LogP contribution in [-0.2, 0) is 0 Å². The number of nitrogens with two attached hydrogens (primary N) is 1. The smallest absolute Gasteiger partial charge is 0.295 e. The largest absolute Gasteiger partial charge is 0.375 e. The van der Waals surface area contributed by atoms with Gasteiger partial charge in [0.1, 0.15) is 5.69 Å². The molecule has 18 heavy (non-hydrogen) atoms. The molecule has 1 atom stereocenters. The first-order valence-corrected chi connectivity index (χ1v) is 5.98.